The number of halogens is 6. The standard InChI is InChI=1S/C11H11F6NO4S2/c1-18-8-4-2-7(3-5-8)6-9(23(19,20)10(12,13)14)24(21,22)11(15,16)17/h2-5,18H,6H2,1H3,(H,19,20)/p+1. The van der Waals surface area contributed by atoms with Gasteiger partial charge in [-0.25, -0.2) is 4.21 Å². The van der Waals surface area contributed by atoms with Crippen LogP contribution in [0.5, 0.6) is 0 Å². The Morgan fingerprint density at radius 1 is 1.08 bits per heavy atom. The van der Waals surface area contributed by atoms with Crippen LogP contribution in [0, 0.1) is 0 Å². The third kappa shape index (κ3) is 4.02. The molecule has 138 valence electrons. The van der Waals surface area contributed by atoms with Crippen LogP contribution in [0.25, 0.3) is 0 Å². The lowest BCUT2D eigenvalue weighted by atomic mass is 10.1. The SMILES string of the molecule is C[NH2+]c1ccc(CC(S(=O)(=[OH+])C(F)(F)F)=S(=O)([O-])C(F)(F)F)cc1. The van der Waals surface area contributed by atoms with Gasteiger partial charge in [0.05, 0.1) is 7.05 Å². The van der Waals surface area contributed by atoms with E-state index in [-0.39, 0.29) is 5.56 Å². The Balaban J connectivity index is 3.64. The van der Waals surface area contributed by atoms with Crippen molar-refractivity contribution in [3.8, 4) is 0 Å². The molecule has 3 N–H and O–H groups in total. The number of benzene rings is 1. The molecule has 1 aromatic rings. The lowest BCUT2D eigenvalue weighted by Gasteiger charge is -2.22. The topological polar surface area (TPSA) is 95.2 Å². The quantitative estimate of drug-likeness (QED) is 0.358. The highest BCUT2D eigenvalue weighted by molar-refractivity contribution is 8.22. The Kier molecular flexibility index (Phi) is 5.65. The maximum atomic E-state index is 12.6. The second-order valence-corrected chi connectivity index (χ2v) is 8.73. The molecule has 0 saturated heterocycles. The molecule has 1 rings (SSSR count). The van der Waals surface area contributed by atoms with Crippen LogP contribution in [0.3, 0.4) is 0 Å². The molecule has 13 heteroatoms. The molecule has 24 heavy (non-hydrogen) atoms. The summed E-state index contributed by atoms with van der Waals surface area (Å²) in [6, 6.07) is 4.74. The van der Waals surface area contributed by atoms with Gasteiger partial charge in [0.1, 0.15) is 5.69 Å². The van der Waals surface area contributed by atoms with Crippen molar-refractivity contribution in [1.29, 1.82) is 0 Å². The van der Waals surface area contributed by atoms with E-state index in [2.05, 4.69) is 0 Å². The summed E-state index contributed by atoms with van der Waals surface area (Å²) in [7, 11) is -11.5. The fraction of sp³-hybridized carbons (Fsp3) is 0.364. The summed E-state index contributed by atoms with van der Waals surface area (Å²) in [6.45, 7) is 0. The van der Waals surface area contributed by atoms with E-state index >= 15 is 0 Å². The van der Waals surface area contributed by atoms with Gasteiger partial charge in [0, 0.05) is 16.2 Å². The second-order valence-electron chi connectivity index (χ2n) is 4.50. The van der Waals surface area contributed by atoms with E-state index in [0.717, 1.165) is 12.1 Å². The van der Waals surface area contributed by atoms with Gasteiger partial charge in [-0.05, 0) is 17.7 Å². The zero-order chi connectivity index (χ0) is 19.0. The number of hydrogen-bond donors (Lipinski definition) is 1. The van der Waals surface area contributed by atoms with E-state index in [0.29, 0.717) is 5.69 Å². The summed E-state index contributed by atoms with van der Waals surface area (Å²) in [5, 5.41) is 1.58. The van der Waals surface area contributed by atoms with Gasteiger partial charge in [0.2, 0.25) is 0 Å². The maximum Gasteiger partial charge on any atom is 0.549 e. The first kappa shape index (κ1) is 20.7. The first-order valence-corrected chi connectivity index (χ1v) is 9.03. The van der Waals surface area contributed by atoms with Crippen molar-refractivity contribution in [3.63, 3.8) is 0 Å². The van der Waals surface area contributed by atoms with Crippen molar-refractivity contribution in [2.45, 2.75) is 17.4 Å². The largest absolute Gasteiger partial charge is 0.770 e. The molecule has 0 heterocycles. The average molecular weight is 400 g/mol. The smallest absolute Gasteiger partial charge is 0.549 e. The molecule has 2 unspecified atom stereocenters. The van der Waals surface area contributed by atoms with E-state index in [1.54, 1.807) is 12.4 Å². The molecule has 2 atom stereocenters. The summed E-state index contributed by atoms with van der Waals surface area (Å²) in [4.78, 5) is 0. The van der Waals surface area contributed by atoms with Gasteiger partial charge in [-0.3, -0.25) is 4.21 Å². The number of hydrogen-bond acceptors (Lipinski definition) is 3. The van der Waals surface area contributed by atoms with E-state index < -0.39 is 41.3 Å². The molecule has 0 aliphatic rings. The van der Waals surface area contributed by atoms with Crippen LogP contribution in [-0.2, 0) is 26.1 Å². The second kappa shape index (κ2) is 6.54. The molecule has 0 aliphatic heterocycles. The molecule has 0 radical (unpaired) electrons. The minimum Gasteiger partial charge on any atom is -0.770 e. The Bertz CT molecular complexity index is 818. The van der Waals surface area contributed by atoms with Crippen molar-refractivity contribution in [2.75, 3.05) is 7.05 Å². The zero-order valence-electron chi connectivity index (χ0n) is 11.9. The van der Waals surface area contributed by atoms with Crippen LogP contribution in [0.2, 0.25) is 0 Å². The fourth-order valence-corrected chi connectivity index (χ4v) is 4.59. The Labute approximate surface area is 133 Å². The van der Waals surface area contributed by atoms with Gasteiger partial charge in [0.25, 0.3) is 0 Å². The molecule has 1 aromatic carbocycles. The third-order valence-electron chi connectivity index (χ3n) is 2.89. The van der Waals surface area contributed by atoms with Gasteiger partial charge < -0.3 is 9.87 Å². The molecule has 0 spiro atoms. The van der Waals surface area contributed by atoms with Crippen molar-refractivity contribution in [3.05, 3.63) is 29.8 Å². The van der Waals surface area contributed by atoms with Crippen molar-refractivity contribution >= 4 is 29.5 Å². The summed E-state index contributed by atoms with van der Waals surface area (Å²) >= 11 is 0. The minimum absolute atomic E-state index is 0.297. The maximum absolute atomic E-state index is 12.6. The van der Waals surface area contributed by atoms with Gasteiger partial charge in [-0.2, -0.15) is 30.6 Å². The summed E-state index contributed by atoms with van der Waals surface area (Å²) in [6.07, 6.45) is -1.50. The average Bonchev–Trinajstić information content (AvgIpc) is 2.42. The van der Waals surface area contributed by atoms with Gasteiger partial charge in [-0.1, -0.05) is 12.1 Å². The van der Waals surface area contributed by atoms with Crippen LogP contribution in [0.15, 0.2) is 24.3 Å². The lowest BCUT2D eigenvalue weighted by Crippen LogP contribution is -2.72. The Morgan fingerprint density at radius 3 is 1.88 bits per heavy atom. The van der Waals surface area contributed by atoms with Gasteiger partial charge in [0.15, 0.2) is 4.20 Å². The number of nitrogens with two attached hydrogens (primary N) is 1. The van der Waals surface area contributed by atoms with Gasteiger partial charge >= 0.3 is 20.9 Å². The van der Waals surface area contributed by atoms with Gasteiger partial charge in [-0.15, -0.1) is 0 Å². The molecule has 0 saturated carbocycles. The molecule has 0 fully saturated rings. The molecule has 0 amide bonds. The Morgan fingerprint density at radius 2 is 1.54 bits per heavy atom. The molecule has 0 aromatic heterocycles. The highest BCUT2D eigenvalue weighted by atomic mass is 32.3. The fourth-order valence-electron chi connectivity index (χ4n) is 1.59. The van der Waals surface area contributed by atoms with Crippen molar-refractivity contribution in [2.24, 2.45) is 0 Å². The van der Waals surface area contributed by atoms with E-state index in [9.17, 15) is 39.3 Å². The van der Waals surface area contributed by atoms with E-state index in [4.69, 9.17) is 4.21 Å². The minimum atomic E-state index is -6.63. The predicted molar refractivity (Wildman–Crippen MR) is 73.8 cm³/mol. The summed E-state index contributed by atoms with van der Waals surface area (Å²) in [5.41, 5.74) is -11.9. The monoisotopic (exact) mass is 400 g/mol. The van der Waals surface area contributed by atoms with Crippen LogP contribution in [0.4, 0.5) is 32.0 Å². The molecule has 0 bridgehead atoms. The lowest BCUT2D eigenvalue weighted by molar-refractivity contribution is -0.539. The normalized spacial score (nSPS) is 17.8. The number of quaternary nitrogens is 1. The van der Waals surface area contributed by atoms with Crippen LogP contribution < -0.4 is 5.32 Å². The Hall–Kier alpha value is -1.31. The van der Waals surface area contributed by atoms with Crippen LogP contribution >= 0.6 is 0 Å². The summed E-state index contributed by atoms with van der Waals surface area (Å²) < 4.78 is 116. The van der Waals surface area contributed by atoms with Crippen molar-refractivity contribution < 1.29 is 48.8 Å². The first-order valence-electron chi connectivity index (χ1n) is 6.03. The van der Waals surface area contributed by atoms with Crippen LogP contribution in [-0.4, -0.2) is 39.4 Å². The molecule has 5 nitrogen and oxygen atoms in total. The molecular weight excluding hydrogens is 388 g/mol. The third-order valence-corrected chi connectivity index (χ3v) is 6.97. The highest BCUT2D eigenvalue weighted by Crippen LogP contribution is 2.32. The summed E-state index contributed by atoms with van der Waals surface area (Å²) in [5.74, 6) is 0. The van der Waals surface area contributed by atoms with E-state index in [1.165, 1.54) is 12.1 Å². The molecule has 0 aliphatic carbocycles. The molecular formula is C11H12F6NO4S2+. The number of rotatable bonds is 3. The number of alkyl halides is 6. The van der Waals surface area contributed by atoms with Crippen molar-refractivity contribution in [1.82, 2.24) is 0 Å². The van der Waals surface area contributed by atoms with Crippen LogP contribution in [0.1, 0.15) is 5.56 Å². The first-order chi connectivity index (χ1) is 10.6. The zero-order valence-corrected chi connectivity index (χ0v) is 13.5. The predicted octanol–water partition coefficient (Wildman–Crippen LogP) is 1.21. The van der Waals surface area contributed by atoms with E-state index in [1.807, 2.05) is 0 Å². The highest BCUT2D eigenvalue weighted by Gasteiger charge is 2.57.